The second-order valence-corrected chi connectivity index (χ2v) is 7.31. The number of nitrogens with zero attached hydrogens (tertiary/aromatic N) is 4. The van der Waals surface area contributed by atoms with Crippen molar-refractivity contribution in [2.24, 2.45) is 0 Å². The number of imidazole rings is 1. The van der Waals surface area contributed by atoms with Gasteiger partial charge in [0.15, 0.2) is 0 Å². The van der Waals surface area contributed by atoms with Gasteiger partial charge in [0.25, 0.3) is 0 Å². The van der Waals surface area contributed by atoms with E-state index in [0.29, 0.717) is 18.8 Å². The normalized spacial score (nSPS) is 14.4. The first-order valence-electron chi connectivity index (χ1n) is 9.93. The zero-order chi connectivity index (χ0) is 20.5. The fraction of sp³-hybridized carbons (Fsp3) is 0.227. The largest absolute Gasteiger partial charge is 0.346 e. The first-order valence-corrected chi connectivity index (χ1v) is 9.93. The molecule has 8 heteroatoms. The van der Waals surface area contributed by atoms with Gasteiger partial charge < -0.3 is 19.8 Å². The Bertz CT molecular complexity index is 1190. The van der Waals surface area contributed by atoms with Crippen LogP contribution in [-0.4, -0.2) is 56.5 Å². The van der Waals surface area contributed by atoms with Crippen molar-refractivity contribution in [3.05, 3.63) is 60.9 Å². The molecule has 7 nitrogen and oxygen atoms in total. The average molecular weight is 404 g/mol. The molecule has 1 fully saturated rings. The molecule has 1 aliphatic rings. The molecule has 152 valence electrons. The Morgan fingerprint density at radius 3 is 2.67 bits per heavy atom. The van der Waals surface area contributed by atoms with Gasteiger partial charge in [-0.25, -0.2) is 14.4 Å². The molecule has 5 rings (SSSR count). The number of carbonyl (C=O) groups is 1. The van der Waals surface area contributed by atoms with Crippen LogP contribution in [0.3, 0.4) is 0 Å². The highest BCUT2D eigenvalue weighted by Gasteiger charge is 2.22. The van der Waals surface area contributed by atoms with E-state index in [0.717, 1.165) is 40.9 Å². The number of rotatable bonds is 4. The minimum absolute atomic E-state index is 0.0557. The van der Waals surface area contributed by atoms with Crippen molar-refractivity contribution in [1.29, 1.82) is 0 Å². The summed E-state index contributed by atoms with van der Waals surface area (Å²) in [7, 11) is 0. The molecule has 2 N–H and O–H groups in total. The van der Waals surface area contributed by atoms with Crippen molar-refractivity contribution >= 4 is 16.9 Å². The topological polar surface area (TPSA) is 78.8 Å². The van der Waals surface area contributed by atoms with E-state index in [1.165, 1.54) is 12.1 Å². The van der Waals surface area contributed by atoms with Gasteiger partial charge in [-0.15, -0.1) is 0 Å². The Morgan fingerprint density at radius 1 is 1.07 bits per heavy atom. The monoisotopic (exact) mass is 404 g/mol. The summed E-state index contributed by atoms with van der Waals surface area (Å²) in [5.41, 5.74) is 4.00. The van der Waals surface area contributed by atoms with E-state index in [1.807, 2.05) is 27.8 Å². The molecule has 0 bridgehead atoms. The van der Waals surface area contributed by atoms with Crippen LogP contribution < -0.4 is 5.32 Å². The lowest BCUT2D eigenvalue weighted by Gasteiger charge is -2.27. The van der Waals surface area contributed by atoms with Gasteiger partial charge in [-0.3, -0.25) is 4.79 Å². The number of hydrogen-bond acceptors (Lipinski definition) is 4. The fourth-order valence-electron chi connectivity index (χ4n) is 3.93. The maximum Gasteiger partial charge on any atom is 0.242 e. The van der Waals surface area contributed by atoms with Gasteiger partial charge in [0.1, 0.15) is 18.0 Å². The summed E-state index contributed by atoms with van der Waals surface area (Å²) in [4.78, 5) is 26.9. The summed E-state index contributed by atoms with van der Waals surface area (Å²) in [5, 5.41) is 4.21. The lowest BCUT2D eigenvalue weighted by molar-refractivity contribution is -0.132. The molecular weight excluding hydrogens is 383 g/mol. The SMILES string of the molecule is O=C(Cn1cnc(-c2ccc(F)cc2)c1-c1ccnc2[nH]ccc12)N1CCNCC1. The average Bonchev–Trinajstić information content (AvgIpc) is 3.42. The minimum Gasteiger partial charge on any atom is -0.346 e. The highest BCUT2D eigenvalue weighted by atomic mass is 19.1. The Morgan fingerprint density at radius 2 is 1.87 bits per heavy atom. The molecule has 3 aromatic heterocycles. The standard InChI is InChI=1S/C22H21FN6O/c23-16-3-1-15(2-4-16)20-21(17-5-7-25-22-18(17)6-8-26-22)29(14-27-20)13-19(30)28-11-9-24-10-12-28/h1-8,14,24H,9-13H2,(H,25,26). The highest BCUT2D eigenvalue weighted by molar-refractivity contribution is 5.96. The van der Waals surface area contributed by atoms with Gasteiger partial charge in [-0.05, 0) is 36.4 Å². The van der Waals surface area contributed by atoms with Crippen molar-refractivity contribution in [3.63, 3.8) is 0 Å². The van der Waals surface area contributed by atoms with Gasteiger partial charge in [0.2, 0.25) is 5.91 Å². The number of H-pyrrole nitrogens is 1. The Kier molecular flexibility index (Phi) is 4.76. The van der Waals surface area contributed by atoms with E-state index in [4.69, 9.17) is 0 Å². The van der Waals surface area contributed by atoms with Crippen molar-refractivity contribution < 1.29 is 9.18 Å². The van der Waals surface area contributed by atoms with Crippen LogP contribution in [0.25, 0.3) is 33.5 Å². The zero-order valence-electron chi connectivity index (χ0n) is 16.3. The molecule has 30 heavy (non-hydrogen) atoms. The Labute approximate surface area is 172 Å². The van der Waals surface area contributed by atoms with E-state index >= 15 is 0 Å². The first-order chi connectivity index (χ1) is 14.7. The van der Waals surface area contributed by atoms with E-state index in [1.54, 1.807) is 24.7 Å². The Hall–Kier alpha value is -3.52. The molecule has 1 aromatic carbocycles. The molecule has 0 atom stereocenters. The predicted molar refractivity (Wildman–Crippen MR) is 112 cm³/mol. The fourth-order valence-corrected chi connectivity index (χ4v) is 3.93. The van der Waals surface area contributed by atoms with Gasteiger partial charge in [0, 0.05) is 55.1 Å². The number of halogens is 1. The Balaban J connectivity index is 1.61. The third kappa shape index (κ3) is 3.35. The smallest absolute Gasteiger partial charge is 0.242 e. The van der Waals surface area contributed by atoms with E-state index in [9.17, 15) is 9.18 Å². The summed E-state index contributed by atoms with van der Waals surface area (Å²) in [6.45, 7) is 3.20. The number of fused-ring (bicyclic) bond motifs is 1. The zero-order valence-corrected chi connectivity index (χ0v) is 16.3. The molecule has 0 unspecified atom stereocenters. The number of amides is 1. The summed E-state index contributed by atoms with van der Waals surface area (Å²) in [5.74, 6) is -0.245. The molecule has 1 amide bonds. The number of nitrogens with one attached hydrogen (secondary N) is 2. The molecule has 4 aromatic rings. The highest BCUT2D eigenvalue weighted by Crippen LogP contribution is 2.35. The number of aromatic nitrogens is 4. The maximum absolute atomic E-state index is 13.5. The molecule has 1 saturated heterocycles. The van der Waals surface area contributed by atoms with E-state index in [-0.39, 0.29) is 18.3 Å². The van der Waals surface area contributed by atoms with Crippen LogP contribution in [0.4, 0.5) is 4.39 Å². The van der Waals surface area contributed by atoms with Crippen LogP contribution in [0, 0.1) is 5.82 Å². The van der Waals surface area contributed by atoms with Crippen LogP contribution in [0.15, 0.2) is 55.1 Å². The predicted octanol–water partition coefficient (Wildman–Crippen LogP) is 2.66. The number of carbonyl (C=O) groups excluding carboxylic acids is 1. The lowest BCUT2D eigenvalue weighted by Crippen LogP contribution is -2.47. The number of piperazine rings is 1. The third-order valence-electron chi connectivity index (χ3n) is 5.45. The summed E-state index contributed by atoms with van der Waals surface area (Å²) < 4.78 is 15.4. The third-order valence-corrected chi connectivity index (χ3v) is 5.45. The van der Waals surface area contributed by atoms with Gasteiger partial charge >= 0.3 is 0 Å². The molecule has 1 aliphatic heterocycles. The van der Waals surface area contributed by atoms with Crippen LogP contribution in [0.1, 0.15) is 0 Å². The number of aromatic amines is 1. The van der Waals surface area contributed by atoms with E-state index in [2.05, 4.69) is 20.3 Å². The maximum atomic E-state index is 13.5. The molecular formula is C22H21FN6O. The quantitative estimate of drug-likeness (QED) is 0.548. The molecule has 0 aliphatic carbocycles. The minimum atomic E-state index is -0.300. The van der Waals surface area contributed by atoms with Gasteiger partial charge in [-0.2, -0.15) is 0 Å². The second-order valence-electron chi connectivity index (χ2n) is 7.31. The van der Waals surface area contributed by atoms with Gasteiger partial charge in [-0.1, -0.05) is 0 Å². The van der Waals surface area contributed by atoms with Crippen LogP contribution >= 0.6 is 0 Å². The first kappa shape index (κ1) is 18.5. The summed E-state index contributed by atoms with van der Waals surface area (Å²) in [6.07, 6.45) is 5.26. The molecule has 0 radical (unpaired) electrons. The molecule has 0 saturated carbocycles. The molecule has 0 spiro atoms. The van der Waals surface area contributed by atoms with Crippen molar-refractivity contribution in [1.82, 2.24) is 29.7 Å². The summed E-state index contributed by atoms with van der Waals surface area (Å²) >= 11 is 0. The van der Waals surface area contributed by atoms with Crippen LogP contribution in [-0.2, 0) is 11.3 Å². The van der Waals surface area contributed by atoms with Gasteiger partial charge in [0.05, 0.1) is 17.7 Å². The van der Waals surface area contributed by atoms with Crippen LogP contribution in [0.5, 0.6) is 0 Å². The van der Waals surface area contributed by atoms with Crippen molar-refractivity contribution in [2.45, 2.75) is 6.54 Å². The van der Waals surface area contributed by atoms with Crippen molar-refractivity contribution in [2.75, 3.05) is 26.2 Å². The summed E-state index contributed by atoms with van der Waals surface area (Å²) in [6, 6.07) is 10.1. The van der Waals surface area contributed by atoms with Crippen LogP contribution in [0.2, 0.25) is 0 Å². The number of pyridine rings is 1. The van der Waals surface area contributed by atoms with E-state index < -0.39 is 0 Å². The lowest BCUT2D eigenvalue weighted by atomic mass is 10.0. The molecule has 4 heterocycles. The van der Waals surface area contributed by atoms with Crippen molar-refractivity contribution in [3.8, 4) is 22.5 Å². The number of hydrogen-bond donors (Lipinski definition) is 2. The number of benzene rings is 1. The second kappa shape index (κ2) is 7.72.